The van der Waals surface area contributed by atoms with Crippen molar-refractivity contribution < 1.29 is 13.2 Å². The van der Waals surface area contributed by atoms with E-state index in [0.29, 0.717) is 0 Å². The second-order valence-electron chi connectivity index (χ2n) is 1.89. The van der Waals surface area contributed by atoms with Gasteiger partial charge in [-0.15, -0.1) is 0 Å². The monoisotopic (exact) mass is 162 g/mol. The van der Waals surface area contributed by atoms with Crippen molar-refractivity contribution in [2.75, 3.05) is 5.73 Å². The highest BCUT2D eigenvalue weighted by Crippen LogP contribution is 2.25. The fourth-order valence-electron chi connectivity index (χ4n) is 0.681. The molecule has 0 aliphatic rings. The lowest BCUT2D eigenvalue weighted by atomic mass is 10.2. The van der Waals surface area contributed by atoms with Crippen molar-refractivity contribution in [1.82, 2.24) is 4.98 Å². The summed E-state index contributed by atoms with van der Waals surface area (Å²) in [6.07, 6.45) is -1.88. The van der Waals surface area contributed by atoms with Crippen LogP contribution in [0.2, 0.25) is 0 Å². The Kier molecular flexibility index (Phi) is 1.98. The molecule has 0 saturated carbocycles. The zero-order valence-electron chi connectivity index (χ0n) is 5.39. The number of nitrogen functional groups attached to an aromatic ring is 1. The number of hydrogen-bond donors (Lipinski definition) is 1. The van der Waals surface area contributed by atoms with E-state index in [4.69, 9.17) is 5.73 Å². The van der Waals surface area contributed by atoms with Crippen molar-refractivity contribution in [1.29, 1.82) is 0 Å². The van der Waals surface area contributed by atoms with Gasteiger partial charge in [-0.25, -0.2) is 18.2 Å². The van der Waals surface area contributed by atoms with E-state index >= 15 is 0 Å². The van der Waals surface area contributed by atoms with E-state index in [1.54, 1.807) is 0 Å². The Hall–Kier alpha value is -1.26. The standard InChI is InChI=1S/C6H5F3N2/c7-3-1-2-11-6(10)4(3)5(8)9/h1-2,5H,(H2,10,11). The predicted molar refractivity (Wildman–Crippen MR) is 33.6 cm³/mol. The summed E-state index contributed by atoms with van der Waals surface area (Å²) in [7, 11) is 0. The fourth-order valence-corrected chi connectivity index (χ4v) is 0.681. The smallest absolute Gasteiger partial charge is 0.270 e. The van der Waals surface area contributed by atoms with Gasteiger partial charge in [-0.3, -0.25) is 0 Å². The molecule has 0 radical (unpaired) electrons. The molecule has 0 amide bonds. The summed E-state index contributed by atoms with van der Waals surface area (Å²) in [5, 5.41) is 0. The zero-order valence-corrected chi connectivity index (χ0v) is 5.39. The molecule has 0 fully saturated rings. The minimum absolute atomic E-state index is 0.458. The van der Waals surface area contributed by atoms with Crippen LogP contribution in [0, 0.1) is 5.82 Å². The molecule has 0 bridgehead atoms. The summed E-state index contributed by atoms with van der Waals surface area (Å²) in [5.74, 6) is -1.48. The highest BCUT2D eigenvalue weighted by molar-refractivity contribution is 5.40. The quantitative estimate of drug-likeness (QED) is 0.683. The molecule has 0 spiro atoms. The number of hydrogen-bond acceptors (Lipinski definition) is 2. The Morgan fingerprint density at radius 1 is 1.45 bits per heavy atom. The Morgan fingerprint density at radius 3 is 2.45 bits per heavy atom. The minimum atomic E-state index is -2.91. The number of alkyl halides is 2. The van der Waals surface area contributed by atoms with Crippen molar-refractivity contribution in [3.05, 3.63) is 23.6 Å². The van der Waals surface area contributed by atoms with Crippen LogP contribution in [0.4, 0.5) is 19.0 Å². The van der Waals surface area contributed by atoms with Crippen molar-refractivity contribution in [3.8, 4) is 0 Å². The summed E-state index contributed by atoms with van der Waals surface area (Å²) < 4.78 is 36.4. The number of anilines is 1. The third-order valence-corrected chi connectivity index (χ3v) is 1.19. The summed E-state index contributed by atoms with van der Waals surface area (Å²) in [5.41, 5.74) is 4.16. The van der Waals surface area contributed by atoms with Gasteiger partial charge in [0.1, 0.15) is 11.6 Å². The van der Waals surface area contributed by atoms with E-state index in [2.05, 4.69) is 4.98 Å². The van der Waals surface area contributed by atoms with Crippen LogP contribution in [0.5, 0.6) is 0 Å². The molecule has 1 rings (SSSR count). The molecular weight excluding hydrogens is 157 g/mol. The Bertz CT molecular complexity index is 242. The second-order valence-corrected chi connectivity index (χ2v) is 1.89. The molecule has 0 atom stereocenters. The van der Waals surface area contributed by atoms with E-state index in [0.717, 1.165) is 12.3 Å². The molecule has 5 heteroatoms. The molecule has 2 N–H and O–H groups in total. The summed E-state index contributed by atoms with van der Waals surface area (Å²) in [4.78, 5) is 3.32. The maximum Gasteiger partial charge on any atom is 0.270 e. The van der Waals surface area contributed by atoms with Gasteiger partial charge >= 0.3 is 0 Å². The zero-order chi connectivity index (χ0) is 8.43. The topological polar surface area (TPSA) is 38.9 Å². The molecular formula is C6H5F3N2. The molecule has 1 heterocycles. The molecule has 1 aromatic heterocycles. The SMILES string of the molecule is Nc1nccc(F)c1C(F)F. The van der Waals surface area contributed by atoms with Crippen LogP contribution in [0.3, 0.4) is 0 Å². The number of nitrogens with two attached hydrogens (primary N) is 1. The Morgan fingerprint density at radius 2 is 2.09 bits per heavy atom. The van der Waals surface area contributed by atoms with E-state index in [9.17, 15) is 13.2 Å². The van der Waals surface area contributed by atoms with Gasteiger partial charge in [0.2, 0.25) is 0 Å². The number of nitrogens with zero attached hydrogens (tertiary/aromatic N) is 1. The average molecular weight is 162 g/mol. The van der Waals surface area contributed by atoms with Crippen LogP contribution in [0.15, 0.2) is 12.3 Å². The molecule has 2 nitrogen and oxygen atoms in total. The Balaban J connectivity index is 3.21. The van der Waals surface area contributed by atoms with Gasteiger partial charge in [0.25, 0.3) is 6.43 Å². The van der Waals surface area contributed by atoms with E-state index in [-0.39, 0.29) is 0 Å². The fraction of sp³-hybridized carbons (Fsp3) is 0.167. The van der Waals surface area contributed by atoms with Crippen LogP contribution < -0.4 is 5.73 Å². The maximum atomic E-state index is 12.5. The summed E-state index contributed by atoms with van der Waals surface area (Å²) in [6.45, 7) is 0. The van der Waals surface area contributed by atoms with Crippen LogP contribution >= 0.6 is 0 Å². The first-order chi connectivity index (χ1) is 5.13. The minimum Gasteiger partial charge on any atom is -0.383 e. The van der Waals surface area contributed by atoms with Gasteiger partial charge in [-0.05, 0) is 6.07 Å². The van der Waals surface area contributed by atoms with Gasteiger partial charge in [-0.1, -0.05) is 0 Å². The first-order valence-electron chi connectivity index (χ1n) is 2.81. The number of pyridine rings is 1. The number of aromatic nitrogens is 1. The highest BCUT2D eigenvalue weighted by atomic mass is 19.3. The second kappa shape index (κ2) is 2.77. The normalized spacial score (nSPS) is 10.5. The molecule has 1 aromatic rings. The lowest BCUT2D eigenvalue weighted by molar-refractivity contribution is 0.147. The largest absolute Gasteiger partial charge is 0.383 e. The molecule has 0 unspecified atom stereocenters. The van der Waals surface area contributed by atoms with Crippen molar-refractivity contribution >= 4 is 5.82 Å². The van der Waals surface area contributed by atoms with E-state index < -0.39 is 23.6 Å². The maximum absolute atomic E-state index is 12.5. The van der Waals surface area contributed by atoms with Crippen molar-refractivity contribution in [3.63, 3.8) is 0 Å². The van der Waals surface area contributed by atoms with E-state index in [1.165, 1.54) is 0 Å². The molecule has 0 saturated heterocycles. The number of rotatable bonds is 1. The molecule has 0 aliphatic carbocycles. The molecule has 0 aromatic carbocycles. The first-order valence-corrected chi connectivity index (χ1v) is 2.81. The van der Waals surface area contributed by atoms with Crippen LogP contribution in [0.25, 0.3) is 0 Å². The van der Waals surface area contributed by atoms with Crippen LogP contribution in [-0.4, -0.2) is 4.98 Å². The van der Waals surface area contributed by atoms with E-state index in [1.807, 2.05) is 0 Å². The van der Waals surface area contributed by atoms with Gasteiger partial charge in [0.05, 0.1) is 5.56 Å². The van der Waals surface area contributed by atoms with Crippen molar-refractivity contribution in [2.24, 2.45) is 0 Å². The number of halogens is 3. The highest BCUT2D eigenvalue weighted by Gasteiger charge is 2.16. The molecule has 11 heavy (non-hydrogen) atoms. The lowest BCUT2D eigenvalue weighted by Gasteiger charge is -2.02. The molecule has 0 aliphatic heterocycles. The first kappa shape index (κ1) is 7.84. The molecule has 60 valence electrons. The third kappa shape index (κ3) is 1.42. The Labute approximate surface area is 60.9 Å². The lowest BCUT2D eigenvalue weighted by Crippen LogP contribution is -2.00. The van der Waals surface area contributed by atoms with Crippen molar-refractivity contribution in [2.45, 2.75) is 6.43 Å². The van der Waals surface area contributed by atoms with Gasteiger partial charge < -0.3 is 5.73 Å². The average Bonchev–Trinajstić information content (AvgIpc) is 1.85. The van der Waals surface area contributed by atoms with Gasteiger partial charge in [0, 0.05) is 6.20 Å². The summed E-state index contributed by atoms with van der Waals surface area (Å²) in [6, 6.07) is 0.845. The third-order valence-electron chi connectivity index (χ3n) is 1.19. The predicted octanol–water partition coefficient (Wildman–Crippen LogP) is 1.74. The van der Waals surface area contributed by atoms with Gasteiger partial charge in [0.15, 0.2) is 0 Å². The van der Waals surface area contributed by atoms with Crippen LogP contribution in [-0.2, 0) is 0 Å². The summed E-state index contributed by atoms with van der Waals surface area (Å²) >= 11 is 0. The van der Waals surface area contributed by atoms with Crippen LogP contribution in [0.1, 0.15) is 12.0 Å². The van der Waals surface area contributed by atoms with Gasteiger partial charge in [-0.2, -0.15) is 0 Å².